The van der Waals surface area contributed by atoms with Crippen LogP contribution in [0.15, 0.2) is 0 Å². The van der Waals surface area contributed by atoms with Gasteiger partial charge in [-0.3, -0.25) is 0 Å². The summed E-state index contributed by atoms with van der Waals surface area (Å²) in [6, 6.07) is -0.241. The van der Waals surface area contributed by atoms with Crippen LogP contribution in [0.1, 0.15) is 6.92 Å². The van der Waals surface area contributed by atoms with E-state index in [9.17, 15) is 0 Å². The van der Waals surface area contributed by atoms with Crippen molar-refractivity contribution in [1.29, 1.82) is 0 Å². The van der Waals surface area contributed by atoms with Gasteiger partial charge in [0.05, 0.1) is 0 Å². The van der Waals surface area contributed by atoms with Crippen molar-refractivity contribution in [2.45, 2.75) is 19.8 Å². The molecule has 0 amide bonds. The Morgan fingerprint density at radius 3 is 2.00 bits per heavy atom. The van der Waals surface area contributed by atoms with Gasteiger partial charge in [-0.05, 0) is 6.92 Å². The molecule has 5 heavy (non-hydrogen) atoms. The van der Waals surface area contributed by atoms with Gasteiger partial charge in [0.1, 0.15) is 7.28 Å². The Hall–Kier alpha value is 0.0249. The van der Waals surface area contributed by atoms with E-state index in [1.165, 1.54) is 0 Å². The van der Waals surface area contributed by atoms with E-state index < -0.39 is 0 Å². The van der Waals surface area contributed by atoms with E-state index in [1.807, 2.05) is 6.82 Å². The number of aliphatic hydroxyl groups excluding tert-OH is 1. The Labute approximate surface area is 33.3 Å². The van der Waals surface area contributed by atoms with Crippen LogP contribution in [0.25, 0.3) is 0 Å². The minimum absolute atomic E-state index is 0.241. The van der Waals surface area contributed by atoms with E-state index in [2.05, 4.69) is 0 Å². The van der Waals surface area contributed by atoms with Crippen molar-refractivity contribution in [3.63, 3.8) is 0 Å². The molecule has 0 aliphatic heterocycles. The van der Waals surface area contributed by atoms with Crippen LogP contribution in [0.4, 0.5) is 0 Å². The van der Waals surface area contributed by atoms with Crippen LogP contribution >= 0.6 is 0 Å². The predicted octanol–water partition coefficient (Wildman–Crippen LogP) is 0.0770. The second-order valence-electron chi connectivity index (χ2n) is 1.07. The van der Waals surface area contributed by atoms with E-state index >= 15 is 0 Å². The first-order valence-electron chi connectivity index (χ1n) is 1.75. The third kappa shape index (κ3) is 4.02. The summed E-state index contributed by atoms with van der Waals surface area (Å²) in [4.78, 5) is 0. The lowest BCUT2D eigenvalue weighted by atomic mass is 9.76. The minimum Gasteiger partial charge on any atom is -0.402 e. The highest BCUT2D eigenvalue weighted by atomic mass is 16.3. The smallest absolute Gasteiger partial charge is 0.145 e. The Morgan fingerprint density at radius 1 is 1.80 bits per heavy atom. The number of hydrogen-bond acceptors (Lipinski definition) is 1. The fraction of sp³-hybridized carbons (Fsp3) is 1.00. The molecule has 0 aromatic carbocycles. The largest absolute Gasteiger partial charge is 0.402 e. The van der Waals surface area contributed by atoms with Crippen LogP contribution in [-0.2, 0) is 0 Å². The highest BCUT2D eigenvalue weighted by Crippen LogP contribution is 1.68. The van der Waals surface area contributed by atoms with Crippen molar-refractivity contribution < 1.29 is 5.11 Å². The number of aliphatic hydroxyl groups is 1. The molecular weight excluding hydrogens is 62.8 g/mol. The van der Waals surface area contributed by atoms with Crippen LogP contribution in [0.2, 0.25) is 6.82 Å². The van der Waals surface area contributed by atoms with Crippen LogP contribution in [0, 0.1) is 0 Å². The topological polar surface area (TPSA) is 20.2 Å². The maximum absolute atomic E-state index is 8.31. The van der Waals surface area contributed by atoms with Gasteiger partial charge in [-0.1, -0.05) is 6.82 Å². The van der Waals surface area contributed by atoms with Gasteiger partial charge < -0.3 is 5.11 Å². The maximum atomic E-state index is 8.31. The summed E-state index contributed by atoms with van der Waals surface area (Å²) >= 11 is 0. The summed E-state index contributed by atoms with van der Waals surface area (Å²) in [5.74, 6) is 0. The van der Waals surface area contributed by atoms with Crippen molar-refractivity contribution >= 4 is 7.28 Å². The van der Waals surface area contributed by atoms with E-state index in [-0.39, 0.29) is 6.00 Å². The van der Waals surface area contributed by atoms with Gasteiger partial charge in [-0.15, -0.1) is 0 Å². The zero-order valence-corrected chi connectivity index (χ0v) is 3.60. The van der Waals surface area contributed by atoms with Crippen LogP contribution in [0.3, 0.4) is 0 Å². The number of rotatable bonds is 1. The average Bonchev–Trinajstić information content (AvgIpc) is 1.38. The van der Waals surface area contributed by atoms with Gasteiger partial charge in [-0.25, -0.2) is 0 Å². The SMILES string of the molecule is C[B]C(C)O. The molecule has 0 heterocycles. The normalized spacial score (nSPS) is 14.2. The van der Waals surface area contributed by atoms with Crippen molar-refractivity contribution in [3.05, 3.63) is 0 Å². The summed E-state index contributed by atoms with van der Waals surface area (Å²) < 4.78 is 0. The maximum Gasteiger partial charge on any atom is 0.145 e. The Kier molecular flexibility index (Phi) is 2.28. The minimum atomic E-state index is -0.241. The predicted molar refractivity (Wildman–Crippen MR) is 23.3 cm³/mol. The highest BCUT2D eigenvalue weighted by Gasteiger charge is 1.84. The molecule has 0 saturated carbocycles. The van der Waals surface area contributed by atoms with Gasteiger partial charge >= 0.3 is 0 Å². The van der Waals surface area contributed by atoms with Crippen LogP contribution in [0.5, 0.6) is 0 Å². The first-order valence-corrected chi connectivity index (χ1v) is 1.75. The second-order valence-corrected chi connectivity index (χ2v) is 1.07. The first-order chi connectivity index (χ1) is 2.27. The quantitative estimate of drug-likeness (QED) is 0.434. The molecular formula is C3H8BO. The molecule has 2 heteroatoms. The summed E-state index contributed by atoms with van der Waals surface area (Å²) in [5, 5.41) is 8.31. The molecule has 0 bridgehead atoms. The summed E-state index contributed by atoms with van der Waals surface area (Å²) in [7, 11) is 1.72. The molecule has 29 valence electrons. The van der Waals surface area contributed by atoms with Crippen molar-refractivity contribution in [1.82, 2.24) is 0 Å². The lowest BCUT2D eigenvalue weighted by molar-refractivity contribution is 0.273. The lowest BCUT2D eigenvalue weighted by Gasteiger charge is -1.88. The van der Waals surface area contributed by atoms with Crippen LogP contribution < -0.4 is 0 Å². The standard InChI is InChI=1S/C3H8BO/c1-3(5)4-2/h3,5H,1-2H3. The molecule has 0 aromatic rings. The average molecular weight is 70.9 g/mol. The van der Waals surface area contributed by atoms with E-state index in [1.54, 1.807) is 14.2 Å². The molecule has 1 radical (unpaired) electrons. The summed E-state index contributed by atoms with van der Waals surface area (Å²) in [6.45, 7) is 3.55. The summed E-state index contributed by atoms with van der Waals surface area (Å²) in [5.41, 5.74) is 0. The molecule has 0 saturated heterocycles. The van der Waals surface area contributed by atoms with Gasteiger partial charge in [0.25, 0.3) is 0 Å². The van der Waals surface area contributed by atoms with E-state index in [4.69, 9.17) is 5.11 Å². The van der Waals surface area contributed by atoms with E-state index in [0.29, 0.717) is 0 Å². The van der Waals surface area contributed by atoms with Crippen LogP contribution in [-0.4, -0.2) is 18.4 Å². The number of hydrogen-bond donors (Lipinski definition) is 1. The van der Waals surface area contributed by atoms with Gasteiger partial charge in [-0.2, -0.15) is 0 Å². The molecule has 0 rings (SSSR count). The van der Waals surface area contributed by atoms with Crippen molar-refractivity contribution in [2.24, 2.45) is 0 Å². The van der Waals surface area contributed by atoms with Gasteiger partial charge in [0, 0.05) is 6.00 Å². The van der Waals surface area contributed by atoms with E-state index in [0.717, 1.165) is 0 Å². The van der Waals surface area contributed by atoms with Crippen molar-refractivity contribution in [2.75, 3.05) is 0 Å². The monoisotopic (exact) mass is 71.1 g/mol. The van der Waals surface area contributed by atoms with Gasteiger partial charge in [0.2, 0.25) is 0 Å². The second kappa shape index (κ2) is 2.27. The molecule has 0 aliphatic rings. The highest BCUT2D eigenvalue weighted by molar-refractivity contribution is 6.34. The molecule has 0 aromatic heterocycles. The molecule has 1 N–H and O–H groups in total. The fourth-order valence-corrected chi connectivity index (χ4v) is 0. The molecule has 0 spiro atoms. The Bertz CT molecular complexity index is 20.9. The molecule has 0 fully saturated rings. The molecule has 1 atom stereocenters. The van der Waals surface area contributed by atoms with Gasteiger partial charge in [0.15, 0.2) is 0 Å². The zero-order chi connectivity index (χ0) is 4.28. The zero-order valence-electron chi connectivity index (χ0n) is 3.60. The molecule has 1 nitrogen and oxygen atoms in total. The fourth-order valence-electron chi connectivity index (χ4n) is 0. The third-order valence-corrected chi connectivity index (χ3v) is 0.482. The Morgan fingerprint density at radius 2 is 2.00 bits per heavy atom. The third-order valence-electron chi connectivity index (χ3n) is 0.482. The Balaban J connectivity index is 2.54. The molecule has 0 aliphatic carbocycles. The van der Waals surface area contributed by atoms with Crippen molar-refractivity contribution in [3.8, 4) is 0 Å². The summed E-state index contributed by atoms with van der Waals surface area (Å²) in [6.07, 6.45) is 0. The first kappa shape index (κ1) is 5.02. The molecule has 1 unspecified atom stereocenters. The lowest BCUT2D eigenvalue weighted by Crippen LogP contribution is -2.05.